The molecule has 2 N–H and O–H groups in total. The Morgan fingerprint density at radius 1 is 1.55 bits per heavy atom. The maximum atomic E-state index is 12.1. The van der Waals surface area contributed by atoms with Gasteiger partial charge in [-0.15, -0.1) is 24.2 Å². The van der Waals surface area contributed by atoms with Gasteiger partial charge in [0.1, 0.15) is 5.76 Å². The lowest BCUT2D eigenvalue weighted by Crippen LogP contribution is -2.46. The minimum Gasteiger partial charge on any atom is -0.361 e. The number of likely N-dealkylation sites (tertiary alicyclic amines) is 1. The normalized spacial score (nSPS) is 18.8. The van der Waals surface area contributed by atoms with Gasteiger partial charge in [-0.05, 0) is 26.7 Å². The summed E-state index contributed by atoms with van der Waals surface area (Å²) in [5.74, 6) is 2.30. The molecule has 0 saturated carbocycles. The number of hydrogen-bond acceptors (Lipinski definition) is 5. The Kier molecular flexibility index (Phi) is 6.85. The fourth-order valence-electron chi connectivity index (χ4n) is 2.28. The van der Waals surface area contributed by atoms with Crippen molar-refractivity contribution in [2.75, 3.05) is 18.8 Å². The van der Waals surface area contributed by atoms with Gasteiger partial charge < -0.3 is 15.2 Å². The van der Waals surface area contributed by atoms with E-state index in [0.717, 1.165) is 42.2 Å². The first kappa shape index (κ1) is 17.3. The maximum absolute atomic E-state index is 12.1. The number of amides is 1. The van der Waals surface area contributed by atoms with E-state index in [2.05, 4.69) is 5.16 Å². The van der Waals surface area contributed by atoms with E-state index >= 15 is 0 Å². The number of nitrogens with two attached hydrogens (primary N) is 1. The highest BCUT2D eigenvalue weighted by molar-refractivity contribution is 7.99. The Morgan fingerprint density at radius 2 is 2.30 bits per heavy atom. The second-order valence-electron chi connectivity index (χ2n) is 5.04. The molecule has 1 aromatic rings. The Morgan fingerprint density at radius 3 is 2.90 bits per heavy atom. The average Bonchev–Trinajstić information content (AvgIpc) is 2.70. The van der Waals surface area contributed by atoms with Crippen molar-refractivity contribution >= 4 is 30.1 Å². The van der Waals surface area contributed by atoms with E-state index in [1.807, 2.05) is 18.7 Å². The zero-order chi connectivity index (χ0) is 13.8. The van der Waals surface area contributed by atoms with E-state index in [9.17, 15) is 4.79 Å². The number of hydrogen-bond donors (Lipinski definition) is 1. The SMILES string of the molecule is Cc1noc(C)c1CSCC(=O)N1CCCC(N)C1.Cl. The summed E-state index contributed by atoms with van der Waals surface area (Å²) in [6.45, 7) is 5.38. The van der Waals surface area contributed by atoms with E-state index in [-0.39, 0.29) is 24.4 Å². The topological polar surface area (TPSA) is 72.4 Å². The highest BCUT2D eigenvalue weighted by Gasteiger charge is 2.21. The second-order valence-corrected chi connectivity index (χ2v) is 6.02. The van der Waals surface area contributed by atoms with Crippen molar-refractivity contribution in [3.8, 4) is 0 Å². The molecule has 2 heterocycles. The van der Waals surface area contributed by atoms with Crippen LogP contribution in [0.25, 0.3) is 0 Å². The largest absolute Gasteiger partial charge is 0.361 e. The van der Waals surface area contributed by atoms with E-state index in [4.69, 9.17) is 10.3 Å². The third-order valence-electron chi connectivity index (χ3n) is 3.46. The van der Waals surface area contributed by atoms with Gasteiger partial charge in [0.2, 0.25) is 5.91 Å². The molecule has 5 nitrogen and oxygen atoms in total. The molecule has 0 radical (unpaired) electrons. The van der Waals surface area contributed by atoms with Crippen molar-refractivity contribution in [1.29, 1.82) is 0 Å². The van der Waals surface area contributed by atoms with E-state index in [0.29, 0.717) is 12.3 Å². The predicted molar refractivity (Wildman–Crippen MR) is 83.2 cm³/mol. The van der Waals surface area contributed by atoms with E-state index in [1.165, 1.54) is 0 Å². The first-order chi connectivity index (χ1) is 9.08. The van der Waals surface area contributed by atoms with Gasteiger partial charge in [-0.2, -0.15) is 0 Å². The predicted octanol–water partition coefficient (Wildman–Crippen LogP) is 1.90. The number of piperidine rings is 1. The van der Waals surface area contributed by atoms with E-state index in [1.54, 1.807) is 11.8 Å². The molecule has 0 spiro atoms. The van der Waals surface area contributed by atoms with Gasteiger partial charge >= 0.3 is 0 Å². The zero-order valence-corrected chi connectivity index (χ0v) is 13.6. The molecule has 0 bridgehead atoms. The Labute approximate surface area is 130 Å². The van der Waals surface area contributed by atoms with Crippen LogP contribution in [0.3, 0.4) is 0 Å². The number of aryl methyl sites for hydroxylation is 2. The van der Waals surface area contributed by atoms with Crippen LogP contribution in [-0.2, 0) is 10.5 Å². The fourth-order valence-corrected chi connectivity index (χ4v) is 3.35. The van der Waals surface area contributed by atoms with Crippen LogP contribution in [-0.4, -0.2) is 40.8 Å². The molecule has 1 aliphatic heterocycles. The molecule has 1 amide bonds. The van der Waals surface area contributed by atoms with Crippen molar-refractivity contribution in [3.63, 3.8) is 0 Å². The van der Waals surface area contributed by atoms with Crippen LogP contribution in [0.4, 0.5) is 0 Å². The molecule has 1 aliphatic rings. The van der Waals surface area contributed by atoms with Gasteiger partial charge in [-0.1, -0.05) is 5.16 Å². The lowest BCUT2D eigenvalue weighted by atomic mass is 10.1. The minimum atomic E-state index is 0. The zero-order valence-electron chi connectivity index (χ0n) is 11.9. The second kappa shape index (κ2) is 7.90. The summed E-state index contributed by atoms with van der Waals surface area (Å²) in [6, 6.07) is 0.144. The van der Waals surface area contributed by atoms with Crippen LogP contribution >= 0.6 is 24.2 Å². The molecule has 1 atom stereocenters. The summed E-state index contributed by atoms with van der Waals surface area (Å²) >= 11 is 1.61. The number of nitrogens with zero attached hydrogens (tertiary/aromatic N) is 2. The Hall–Kier alpha value is -0.720. The van der Waals surface area contributed by atoms with Gasteiger partial charge in [0.25, 0.3) is 0 Å². The fraction of sp³-hybridized carbons (Fsp3) is 0.692. The average molecular weight is 320 g/mol. The number of thioether (sulfide) groups is 1. The first-order valence-electron chi connectivity index (χ1n) is 6.60. The standard InChI is InChI=1S/C13H21N3O2S.ClH/c1-9-12(10(2)18-15-9)7-19-8-13(17)16-5-3-4-11(14)6-16;/h11H,3-8,14H2,1-2H3;1H. The number of aromatic nitrogens is 1. The molecule has 0 aliphatic carbocycles. The van der Waals surface area contributed by atoms with E-state index < -0.39 is 0 Å². The first-order valence-corrected chi connectivity index (χ1v) is 7.76. The van der Waals surface area contributed by atoms with Crippen LogP contribution < -0.4 is 5.73 Å². The molecule has 2 rings (SSSR count). The lowest BCUT2D eigenvalue weighted by Gasteiger charge is -2.30. The number of rotatable bonds is 4. The number of halogens is 1. The number of carbonyl (C=O) groups excluding carboxylic acids is 1. The van der Waals surface area contributed by atoms with Crippen LogP contribution in [0.2, 0.25) is 0 Å². The van der Waals surface area contributed by atoms with Crippen LogP contribution in [0.15, 0.2) is 4.52 Å². The monoisotopic (exact) mass is 319 g/mol. The summed E-state index contributed by atoms with van der Waals surface area (Å²) in [5, 5.41) is 3.91. The van der Waals surface area contributed by atoms with Crippen molar-refractivity contribution in [2.45, 2.75) is 38.5 Å². The summed E-state index contributed by atoms with van der Waals surface area (Å²) < 4.78 is 5.11. The van der Waals surface area contributed by atoms with Crippen molar-refractivity contribution < 1.29 is 9.32 Å². The molecule has 0 aromatic carbocycles. The molecule has 1 fully saturated rings. The third-order valence-corrected chi connectivity index (χ3v) is 4.41. The molecule has 1 saturated heterocycles. The van der Waals surface area contributed by atoms with Crippen LogP contribution in [0.1, 0.15) is 29.9 Å². The Bertz CT molecular complexity index is 433. The van der Waals surface area contributed by atoms with Crippen molar-refractivity contribution in [1.82, 2.24) is 10.1 Å². The van der Waals surface area contributed by atoms with Crippen molar-refractivity contribution in [3.05, 3.63) is 17.0 Å². The third kappa shape index (κ3) is 4.40. The lowest BCUT2D eigenvalue weighted by molar-refractivity contribution is -0.129. The highest BCUT2D eigenvalue weighted by Crippen LogP contribution is 2.20. The molecule has 114 valence electrons. The van der Waals surface area contributed by atoms with Gasteiger partial charge in [-0.25, -0.2) is 0 Å². The summed E-state index contributed by atoms with van der Waals surface area (Å²) in [6.07, 6.45) is 2.04. The number of carbonyl (C=O) groups is 1. The molecular formula is C13H22ClN3O2S. The summed E-state index contributed by atoms with van der Waals surface area (Å²) in [4.78, 5) is 13.9. The Balaban J connectivity index is 0.00000200. The van der Waals surface area contributed by atoms with Gasteiger partial charge in [0.15, 0.2) is 0 Å². The molecule has 1 aromatic heterocycles. The summed E-state index contributed by atoms with van der Waals surface area (Å²) in [5.41, 5.74) is 7.91. The van der Waals surface area contributed by atoms with Crippen LogP contribution in [0.5, 0.6) is 0 Å². The van der Waals surface area contributed by atoms with Crippen molar-refractivity contribution in [2.24, 2.45) is 5.73 Å². The van der Waals surface area contributed by atoms with Gasteiger partial charge in [-0.3, -0.25) is 4.79 Å². The molecular weight excluding hydrogens is 298 g/mol. The quantitative estimate of drug-likeness (QED) is 0.917. The minimum absolute atomic E-state index is 0. The summed E-state index contributed by atoms with van der Waals surface area (Å²) in [7, 11) is 0. The molecule has 7 heteroatoms. The molecule has 20 heavy (non-hydrogen) atoms. The highest BCUT2D eigenvalue weighted by atomic mass is 35.5. The smallest absolute Gasteiger partial charge is 0.232 e. The van der Waals surface area contributed by atoms with Gasteiger partial charge in [0, 0.05) is 30.4 Å². The van der Waals surface area contributed by atoms with Crippen LogP contribution in [0, 0.1) is 13.8 Å². The maximum Gasteiger partial charge on any atom is 0.232 e. The van der Waals surface area contributed by atoms with Gasteiger partial charge in [0.05, 0.1) is 11.4 Å². The molecule has 1 unspecified atom stereocenters.